The van der Waals surface area contributed by atoms with E-state index in [1.807, 2.05) is 17.9 Å². The van der Waals surface area contributed by atoms with Crippen molar-refractivity contribution >= 4 is 28.9 Å². The van der Waals surface area contributed by atoms with Gasteiger partial charge in [0.2, 0.25) is 0 Å². The van der Waals surface area contributed by atoms with Crippen LogP contribution in [0.1, 0.15) is 28.8 Å². The number of carbonyl (C=O) groups excluding carboxylic acids is 1. The van der Waals surface area contributed by atoms with E-state index < -0.39 is 10.8 Å². The van der Waals surface area contributed by atoms with E-state index in [-0.39, 0.29) is 17.3 Å². The summed E-state index contributed by atoms with van der Waals surface area (Å²) in [5, 5.41) is 13.8. The largest absolute Gasteiger partial charge is 0.318 e. The van der Waals surface area contributed by atoms with E-state index in [1.54, 1.807) is 6.20 Å². The van der Waals surface area contributed by atoms with Gasteiger partial charge in [0.25, 0.3) is 11.6 Å². The second-order valence-electron chi connectivity index (χ2n) is 5.70. The van der Waals surface area contributed by atoms with Crippen LogP contribution in [-0.4, -0.2) is 26.8 Å². The van der Waals surface area contributed by atoms with E-state index in [9.17, 15) is 14.9 Å². The molecule has 23 heavy (non-hydrogen) atoms. The van der Waals surface area contributed by atoms with Crippen molar-refractivity contribution in [2.75, 3.05) is 10.2 Å². The molecule has 3 heterocycles. The predicted octanol–water partition coefficient (Wildman–Crippen LogP) is 2.56. The van der Waals surface area contributed by atoms with Gasteiger partial charge in [-0.3, -0.25) is 14.9 Å². The number of amides is 1. The number of pyridine rings is 2. The standard InChI is InChI=1S/C15H13N5O3/c1-8-4-5-16-14-12(8)18-15(21)11-6-10(20(22)23)7-17-13(11)19(14)9-2-3-9/h4-7,9H,2-3H2,1H3,(H,18,21). The van der Waals surface area contributed by atoms with Crippen molar-refractivity contribution in [3.63, 3.8) is 0 Å². The average molecular weight is 311 g/mol. The Balaban J connectivity index is 1.96. The normalized spacial score (nSPS) is 16.2. The van der Waals surface area contributed by atoms with Crippen LogP contribution in [-0.2, 0) is 0 Å². The predicted molar refractivity (Wildman–Crippen MR) is 83.0 cm³/mol. The van der Waals surface area contributed by atoms with Crippen molar-refractivity contribution in [2.45, 2.75) is 25.8 Å². The van der Waals surface area contributed by atoms with Crippen molar-refractivity contribution in [1.29, 1.82) is 0 Å². The van der Waals surface area contributed by atoms with Gasteiger partial charge in [-0.25, -0.2) is 9.97 Å². The molecule has 2 aromatic rings. The van der Waals surface area contributed by atoms with Crippen LogP contribution in [0.2, 0.25) is 0 Å². The molecule has 0 radical (unpaired) electrons. The molecule has 1 fully saturated rings. The molecule has 0 atom stereocenters. The Morgan fingerprint density at radius 1 is 1.35 bits per heavy atom. The van der Waals surface area contributed by atoms with Gasteiger partial charge in [0.1, 0.15) is 12.0 Å². The second kappa shape index (κ2) is 4.73. The first-order valence-electron chi connectivity index (χ1n) is 7.27. The minimum atomic E-state index is -0.552. The lowest BCUT2D eigenvalue weighted by atomic mass is 10.2. The van der Waals surface area contributed by atoms with Crippen LogP contribution in [0.25, 0.3) is 0 Å². The van der Waals surface area contributed by atoms with Gasteiger partial charge in [-0.15, -0.1) is 0 Å². The second-order valence-corrected chi connectivity index (χ2v) is 5.70. The Bertz CT molecular complexity index is 847. The van der Waals surface area contributed by atoms with E-state index in [2.05, 4.69) is 15.3 Å². The molecule has 0 saturated heterocycles. The Morgan fingerprint density at radius 3 is 2.83 bits per heavy atom. The third-order valence-corrected chi connectivity index (χ3v) is 4.05. The maximum atomic E-state index is 12.6. The molecule has 1 aliphatic carbocycles. The van der Waals surface area contributed by atoms with Gasteiger partial charge < -0.3 is 10.2 Å². The van der Waals surface area contributed by atoms with Gasteiger partial charge in [0, 0.05) is 18.3 Å². The number of nitrogens with zero attached hydrogens (tertiary/aromatic N) is 4. The van der Waals surface area contributed by atoms with Crippen molar-refractivity contribution in [1.82, 2.24) is 9.97 Å². The smallest absolute Gasteiger partial charge is 0.288 e. The van der Waals surface area contributed by atoms with E-state index >= 15 is 0 Å². The Labute approximate surface area is 131 Å². The van der Waals surface area contributed by atoms with Crippen molar-refractivity contribution in [3.8, 4) is 0 Å². The number of nitro groups is 1. The molecule has 4 rings (SSSR count). The molecule has 0 unspecified atom stereocenters. The molecule has 8 nitrogen and oxygen atoms in total. The third-order valence-electron chi connectivity index (χ3n) is 4.05. The molecule has 0 aromatic carbocycles. The molecule has 1 aliphatic heterocycles. The van der Waals surface area contributed by atoms with E-state index in [0.717, 1.165) is 18.4 Å². The maximum absolute atomic E-state index is 12.6. The van der Waals surface area contributed by atoms with Crippen LogP contribution in [0.3, 0.4) is 0 Å². The molecule has 0 spiro atoms. The fraction of sp³-hybridized carbons (Fsp3) is 0.267. The minimum absolute atomic E-state index is 0.198. The topological polar surface area (TPSA) is 101 Å². The van der Waals surface area contributed by atoms with Crippen LogP contribution < -0.4 is 10.2 Å². The van der Waals surface area contributed by atoms with E-state index in [0.29, 0.717) is 17.3 Å². The Hall–Kier alpha value is -3.03. The number of fused-ring (bicyclic) bond motifs is 2. The summed E-state index contributed by atoms with van der Waals surface area (Å²) in [7, 11) is 0. The minimum Gasteiger partial charge on any atom is -0.318 e. The summed E-state index contributed by atoms with van der Waals surface area (Å²) >= 11 is 0. The highest BCUT2D eigenvalue weighted by molar-refractivity contribution is 6.12. The van der Waals surface area contributed by atoms with Gasteiger partial charge in [0.15, 0.2) is 5.82 Å². The molecule has 1 saturated carbocycles. The van der Waals surface area contributed by atoms with Gasteiger partial charge >= 0.3 is 0 Å². The summed E-state index contributed by atoms with van der Waals surface area (Å²) in [5.74, 6) is 0.658. The monoisotopic (exact) mass is 311 g/mol. The highest BCUT2D eigenvalue weighted by atomic mass is 16.6. The Morgan fingerprint density at radius 2 is 2.13 bits per heavy atom. The molecular weight excluding hydrogens is 298 g/mol. The summed E-state index contributed by atoms with van der Waals surface area (Å²) in [6.45, 7) is 1.89. The molecule has 8 heteroatoms. The van der Waals surface area contributed by atoms with Crippen molar-refractivity contribution < 1.29 is 9.72 Å². The first kappa shape index (κ1) is 13.6. The Kier molecular flexibility index (Phi) is 2.80. The molecule has 116 valence electrons. The van der Waals surface area contributed by atoms with Crippen molar-refractivity contribution in [2.24, 2.45) is 0 Å². The van der Waals surface area contributed by atoms with Gasteiger partial charge in [0.05, 0.1) is 16.2 Å². The van der Waals surface area contributed by atoms with Gasteiger partial charge in [-0.05, 0) is 31.4 Å². The number of nitrogens with one attached hydrogen (secondary N) is 1. The van der Waals surface area contributed by atoms with E-state index in [1.165, 1.54) is 12.3 Å². The van der Waals surface area contributed by atoms with Gasteiger partial charge in [-0.2, -0.15) is 0 Å². The summed E-state index contributed by atoms with van der Waals surface area (Å²) in [5.41, 5.74) is 1.51. The summed E-state index contributed by atoms with van der Waals surface area (Å²) in [6, 6.07) is 3.30. The number of aryl methyl sites for hydroxylation is 1. The number of rotatable bonds is 2. The molecule has 0 bridgehead atoms. The first-order valence-corrected chi connectivity index (χ1v) is 7.27. The SMILES string of the molecule is Cc1ccnc2c1NC(=O)c1cc([N+](=O)[O-])cnc1N2C1CC1. The summed E-state index contributed by atoms with van der Waals surface area (Å²) in [4.78, 5) is 33.5. The van der Waals surface area contributed by atoms with Crippen LogP contribution >= 0.6 is 0 Å². The molecule has 2 aromatic heterocycles. The van der Waals surface area contributed by atoms with Crippen LogP contribution in [0.4, 0.5) is 23.0 Å². The van der Waals surface area contributed by atoms with Crippen LogP contribution in [0, 0.1) is 17.0 Å². The highest BCUT2D eigenvalue weighted by Crippen LogP contribution is 2.44. The molecule has 2 aliphatic rings. The third kappa shape index (κ3) is 2.10. The number of hydrogen-bond donors (Lipinski definition) is 1. The molecular formula is C15H13N5O3. The average Bonchev–Trinajstić information content (AvgIpc) is 3.35. The number of anilines is 3. The highest BCUT2D eigenvalue weighted by Gasteiger charge is 2.38. The lowest BCUT2D eigenvalue weighted by Gasteiger charge is -2.23. The van der Waals surface area contributed by atoms with Gasteiger partial charge in [-0.1, -0.05) is 0 Å². The number of hydrogen-bond acceptors (Lipinski definition) is 6. The quantitative estimate of drug-likeness (QED) is 0.675. The lowest BCUT2D eigenvalue weighted by molar-refractivity contribution is -0.385. The zero-order valence-corrected chi connectivity index (χ0v) is 12.3. The summed E-state index contributed by atoms with van der Waals surface area (Å²) in [6.07, 6.45) is 4.82. The van der Waals surface area contributed by atoms with Crippen LogP contribution in [0.15, 0.2) is 24.5 Å². The molecule has 1 amide bonds. The zero-order chi connectivity index (χ0) is 16.1. The van der Waals surface area contributed by atoms with Crippen molar-refractivity contribution in [3.05, 3.63) is 45.8 Å². The molecule has 1 N–H and O–H groups in total. The number of aromatic nitrogens is 2. The number of carbonyl (C=O) groups is 1. The zero-order valence-electron chi connectivity index (χ0n) is 12.3. The van der Waals surface area contributed by atoms with Crippen LogP contribution in [0.5, 0.6) is 0 Å². The maximum Gasteiger partial charge on any atom is 0.288 e. The fourth-order valence-corrected chi connectivity index (χ4v) is 2.75. The first-order chi connectivity index (χ1) is 11.1. The summed E-state index contributed by atoms with van der Waals surface area (Å²) < 4.78 is 0. The van der Waals surface area contributed by atoms with E-state index in [4.69, 9.17) is 0 Å². The lowest BCUT2D eigenvalue weighted by Crippen LogP contribution is -2.22. The fourth-order valence-electron chi connectivity index (χ4n) is 2.75.